The van der Waals surface area contributed by atoms with Gasteiger partial charge in [0, 0.05) is 17.4 Å². The van der Waals surface area contributed by atoms with Gasteiger partial charge in [-0.15, -0.1) is 0 Å². The molecule has 0 saturated carbocycles. The van der Waals surface area contributed by atoms with Crippen LogP contribution in [0.25, 0.3) is 0 Å². The number of anilines is 1. The van der Waals surface area contributed by atoms with Crippen molar-refractivity contribution in [2.24, 2.45) is 0 Å². The van der Waals surface area contributed by atoms with Gasteiger partial charge in [-0.3, -0.25) is 19.6 Å². The molecule has 0 radical (unpaired) electrons. The van der Waals surface area contributed by atoms with Gasteiger partial charge < -0.3 is 14.8 Å². The predicted molar refractivity (Wildman–Crippen MR) is 111 cm³/mol. The number of amides is 1. The van der Waals surface area contributed by atoms with Gasteiger partial charge in [-0.1, -0.05) is 12.1 Å². The first kappa shape index (κ1) is 22.7. The fourth-order valence-electron chi connectivity index (χ4n) is 3.18. The quantitative estimate of drug-likeness (QED) is 0.408. The lowest BCUT2D eigenvalue weighted by atomic mass is 10.1. The molecule has 9 nitrogen and oxygen atoms in total. The van der Waals surface area contributed by atoms with Crippen LogP contribution in [0.2, 0.25) is 0 Å². The average Bonchev–Trinajstić information content (AvgIpc) is 3.04. The third kappa shape index (κ3) is 5.17. The Kier molecular flexibility index (Phi) is 6.67. The second-order valence-corrected chi connectivity index (χ2v) is 6.90. The van der Waals surface area contributed by atoms with E-state index in [1.807, 2.05) is 30.7 Å². The standard InChI is InChI=1S/C21H20F2N4O5/c1-12-7-13(2)26(25-12)11-14-5-4-6-15(8-14)24-20(28)16-9-18(31-3)19(32-21(22)23)10-17(16)27(29)30/h4-10,21H,11H2,1-3H3,(H,24,28). The number of carbonyl (C=O) groups is 1. The predicted octanol–water partition coefficient (Wildman–Crippen LogP) is 4.32. The van der Waals surface area contributed by atoms with E-state index >= 15 is 0 Å². The smallest absolute Gasteiger partial charge is 0.387 e. The zero-order chi connectivity index (χ0) is 23.4. The normalized spacial score (nSPS) is 10.8. The molecule has 1 amide bonds. The summed E-state index contributed by atoms with van der Waals surface area (Å²) in [5, 5.41) is 18.4. The molecule has 3 aromatic rings. The maximum absolute atomic E-state index is 12.8. The van der Waals surface area contributed by atoms with Crippen LogP contribution < -0.4 is 14.8 Å². The number of halogens is 2. The molecule has 168 valence electrons. The van der Waals surface area contributed by atoms with Gasteiger partial charge in [0.2, 0.25) is 0 Å². The summed E-state index contributed by atoms with van der Waals surface area (Å²) < 4.78 is 36.2. The van der Waals surface area contributed by atoms with Gasteiger partial charge >= 0.3 is 6.61 Å². The Balaban J connectivity index is 1.88. The van der Waals surface area contributed by atoms with E-state index in [0.717, 1.165) is 29.1 Å². The summed E-state index contributed by atoms with van der Waals surface area (Å²) in [4.78, 5) is 23.4. The minimum Gasteiger partial charge on any atom is -0.493 e. The van der Waals surface area contributed by atoms with Gasteiger partial charge in [0.15, 0.2) is 11.5 Å². The minimum atomic E-state index is -3.21. The van der Waals surface area contributed by atoms with Crippen molar-refractivity contribution in [2.75, 3.05) is 12.4 Å². The van der Waals surface area contributed by atoms with Crippen molar-refractivity contribution >= 4 is 17.3 Å². The largest absolute Gasteiger partial charge is 0.493 e. The minimum absolute atomic E-state index is 0.237. The van der Waals surface area contributed by atoms with Crippen molar-refractivity contribution in [3.05, 3.63) is 75.1 Å². The number of hydrogen-bond donors (Lipinski definition) is 1. The molecule has 0 saturated heterocycles. The third-order valence-corrected chi connectivity index (χ3v) is 4.56. The molecule has 1 N–H and O–H groups in total. The number of carbonyl (C=O) groups excluding carboxylic acids is 1. The summed E-state index contributed by atoms with van der Waals surface area (Å²) in [6.07, 6.45) is 0. The maximum atomic E-state index is 12.8. The molecule has 32 heavy (non-hydrogen) atoms. The Hall–Kier alpha value is -4.02. The molecule has 0 aliphatic carbocycles. The Labute approximate surface area is 181 Å². The van der Waals surface area contributed by atoms with Crippen molar-refractivity contribution < 1.29 is 28.0 Å². The summed E-state index contributed by atoms with van der Waals surface area (Å²) in [6, 6.07) is 10.6. The van der Waals surface area contributed by atoms with Crippen LogP contribution in [0.1, 0.15) is 27.3 Å². The second kappa shape index (κ2) is 9.41. The summed E-state index contributed by atoms with van der Waals surface area (Å²) in [5.74, 6) is -1.58. The molecule has 1 aromatic heterocycles. The number of rotatable bonds is 8. The molecule has 0 atom stereocenters. The van der Waals surface area contributed by atoms with E-state index < -0.39 is 28.9 Å². The highest BCUT2D eigenvalue weighted by atomic mass is 19.3. The van der Waals surface area contributed by atoms with Crippen LogP contribution >= 0.6 is 0 Å². The van der Waals surface area contributed by atoms with Gasteiger partial charge in [0.05, 0.1) is 30.3 Å². The Morgan fingerprint density at radius 3 is 2.56 bits per heavy atom. The molecule has 11 heteroatoms. The summed E-state index contributed by atoms with van der Waals surface area (Å²) in [6.45, 7) is 1.07. The van der Waals surface area contributed by atoms with E-state index in [1.54, 1.807) is 18.2 Å². The number of nitro groups is 1. The number of ether oxygens (including phenoxy) is 2. The topological polar surface area (TPSA) is 109 Å². The molecule has 0 aliphatic rings. The number of alkyl halides is 2. The number of benzene rings is 2. The molecular weight excluding hydrogens is 426 g/mol. The van der Waals surface area contributed by atoms with E-state index in [2.05, 4.69) is 15.2 Å². The monoisotopic (exact) mass is 446 g/mol. The van der Waals surface area contributed by atoms with E-state index in [4.69, 9.17) is 4.74 Å². The number of aryl methyl sites for hydroxylation is 2. The van der Waals surface area contributed by atoms with Crippen LogP contribution in [-0.2, 0) is 6.54 Å². The second-order valence-electron chi connectivity index (χ2n) is 6.90. The van der Waals surface area contributed by atoms with Gasteiger partial charge in [0.1, 0.15) is 5.56 Å². The van der Waals surface area contributed by atoms with E-state index in [9.17, 15) is 23.7 Å². The number of hydrogen-bond acceptors (Lipinski definition) is 6. The molecule has 0 aliphatic heterocycles. The number of nitrogens with one attached hydrogen (secondary N) is 1. The molecule has 2 aromatic carbocycles. The molecule has 3 rings (SSSR count). The van der Waals surface area contributed by atoms with Crippen molar-refractivity contribution in [2.45, 2.75) is 27.0 Å². The molecule has 0 fully saturated rings. The van der Waals surface area contributed by atoms with Gasteiger partial charge in [0.25, 0.3) is 11.6 Å². The zero-order valence-corrected chi connectivity index (χ0v) is 17.5. The Morgan fingerprint density at radius 2 is 1.97 bits per heavy atom. The number of aromatic nitrogens is 2. The van der Waals surface area contributed by atoms with Crippen LogP contribution in [0, 0.1) is 24.0 Å². The highest BCUT2D eigenvalue weighted by Crippen LogP contribution is 2.36. The Bertz CT molecular complexity index is 1160. The lowest BCUT2D eigenvalue weighted by Crippen LogP contribution is -2.15. The van der Waals surface area contributed by atoms with Crippen molar-refractivity contribution in [3.8, 4) is 11.5 Å². The van der Waals surface area contributed by atoms with Gasteiger partial charge in [-0.05, 0) is 37.6 Å². The number of nitrogens with zero attached hydrogens (tertiary/aromatic N) is 3. The van der Waals surface area contributed by atoms with Crippen LogP contribution in [0.4, 0.5) is 20.2 Å². The van der Waals surface area contributed by atoms with E-state index in [1.165, 1.54) is 7.11 Å². The maximum Gasteiger partial charge on any atom is 0.387 e. The van der Waals surface area contributed by atoms with Crippen LogP contribution in [0.5, 0.6) is 11.5 Å². The van der Waals surface area contributed by atoms with Gasteiger partial charge in [-0.25, -0.2) is 0 Å². The first-order valence-electron chi connectivity index (χ1n) is 9.40. The van der Waals surface area contributed by atoms with E-state index in [0.29, 0.717) is 12.2 Å². The Morgan fingerprint density at radius 1 is 1.22 bits per heavy atom. The van der Waals surface area contributed by atoms with E-state index in [-0.39, 0.29) is 11.3 Å². The van der Waals surface area contributed by atoms with Crippen LogP contribution in [0.3, 0.4) is 0 Å². The van der Waals surface area contributed by atoms with Crippen LogP contribution in [0.15, 0.2) is 42.5 Å². The number of methoxy groups -OCH3 is 1. The highest BCUT2D eigenvalue weighted by molar-refractivity contribution is 6.07. The van der Waals surface area contributed by atoms with Crippen molar-refractivity contribution in [3.63, 3.8) is 0 Å². The third-order valence-electron chi connectivity index (χ3n) is 4.56. The van der Waals surface area contributed by atoms with Crippen LogP contribution in [-0.4, -0.2) is 34.3 Å². The molecule has 0 bridgehead atoms. The first-order chi connectivity index (χ1) is 15.2. The molecular formula is C21H20F2N4O5. The number of nitro benzene ring substituents is 1. The zero-order valence-electron chi connectivity index (χ0n) is 17.5. The SMILES string of the molecule is COc1cc(C(=O)Nc2cccc(Cn3nc(C)cc3C)c2)c([N+](=O)[O-])cc1OC(F)F. The summed E-state index contributed by atoms with van der Waals surface area (Å²) >= 11 is 0. The first-order valence-corrected chi connectivity index (χ1v) is 9.40. The summed E-state index contributed by atoms with van der Waals surface area (Å²) in [5.41, 5.74) is 2.05. The summed E-state index contributed by atoms with van der Waals surface area (Å²) in [7, 11) is 1.17. The fraction of sp³-hybridized carbons (Fsp3) is 0.238. The lowest BCUT2D eigenvalue weighted by Gasteiger charge is -2.13. The van der Waals surface area contributed by atoms with Crippen molar-refractivity contribution in [1.82, 2.24) is 9.78 Å². The molecule has 0 unspecified atom stereocenters. The van der Waals surface area contributed by atoms with Crippen molar-refractivity contribution in [1.29, 1.82) is 0 Å². The highest BCUT2D eigenvalue weighted by Gasteiger charge is 2.26. The average molecular weight is 446 g/mol. The molecule has 0 spiro atoms. The molecule has 1 heterocycles. The lowest BCUT2D eigenvalue weighted by molar-refractivity contribution is -0.385. The van der Waals surface area contributed by atoms with Gasteiger partial charge in [-0.2, -0.15) is 13.9 Å². The fourth-order valence-corrected chi connectivity index (χ4v) is 3.18.